The summed E-state index contributed by atoms with van der Waals surface area (Å²) in [4.78, 5) is 0. The fourth-order valence-corrected chi connectivity index (χ4v) is 3.61. The SMILES string of the molecule is CCNC(CC)CCCOC1CC(C)CCC1C(C)C. The van der Waals surface area contributed by atoms with Gasteiger partial charge in [0.1, 0.15) is 0 Å². The van der Waals surface area contributed by atoms with E-state index in [9.17, 15) is 0 Å². The van der Waals surface area contributed by atoms with Crippen molar-refractivity contribution in [2.75, 3.05) is 13.2 Å². The van der Waals surface area contributed by atoms with Crippen molar-refractivity contribution >= 4 is 0 Å². The minimum atomic E-state index is 0.512. The number of nitrogens with one attached hydrogen (secondary N) is 1. The van der Waals surface area contributed by atoms with Crippen LogP contribution in [-0.4, -0.2) is 25.3 Å². The second kappa shape index (κ2) is 9.78. The molecule has 0 aromatic carbocycles. The van der Waals surface area contributed by atoms with Gasteiger partial charge < -0.3 is 10.1 Å². The summed E-state index contributed by atoms with van der Waals surface area (Å²) in [7, 11) is 0. The van der Waals surface area contributed by atoms with Gasteiger partial charge in [-0.3, -0.25) is 0 Å². The Kier molecular flexibility index (Phi) is 8.79. The third kappa shape index (κ3) is 6.13. The van der Waals surface area contributed by atoms with Gasteiger partial charge in [0.05, 0.1) is 6.10 Å². The maximum Gasteiger partial charge on any atom is 0.0608 e. The van der Waals surface area contributed by atoms with Crippen molar-refractivity contribution in [2.24, 2.45) is 17.8 Å². The van der Waals surface area contributed by atoms with Crippen molar-refractivity contribution in [3.8, 4) is 0 Å². The van der Waals surface area contributed by atoms with Crippen LogP contribution in [0.15, 0.2) is 0 Å². The standard InChI is InChI=1S/C18H37NO/c1-6-16(19-7-2)9-8-12-20-18-13-15(5)10-11-17(18)14(3)4/h14-19H,6-13H2,1-5H3. The minimum Gasteiger partial charge on any atom is -0.378 e. The molecule has 0 radical (unpaired) electrons. The maximum atomic E-state index is 6.27. The number of rotatable bonds is 9. The Labute approximate surface area is 127 Å². The summed E-state index contributed by atoms with van der Waals surface area (Å²) in [6, 6.07) is 0.676. The Morgan fingerprint density at radius 2 is 1.95 bits per heavy atom. The van der Waals surface area contributed by atoms with Crippen molar-refractivity contribution < 1.29 is 4.74 Å². The lowest BCUT2D eigenvalue weighted by molar-refractivity contribution is -0.0398. The van der Waals surface area contributed by atoms with Gasteiger partial charge in [0.15, 0.2) is 0 Å². The predicted octanol–water partition coefficient (Wildman–Crippen LogP) is 4.63. The lowest BCUT2D eigenvalue weighted by Crippen LogP contribution is -2.35. The molecule has 0 aromatic rings. The predicted molar refractivity (Wildman–Crippen MR) is 88.1 cm³/mol. The van der Waals surface area contributed by atoms with Crippen LogP contribution >= 0.6 is 0 Å². The third-order valence-electron chi connectivity index (χ3n) is 4.98. The molecular weight excluding hydrogens is 246 g/mol. The molecule has 20 heavy (non-hydrogen) atoms. The summed E-state index contributed by atoms with van der Waals surface area (Å²) in [5.74, 6) is 2.39. The fourth-order valence-electron chi connectivity index (χ4n) is 3.61. The van der Waals surface area contributed by atoms with E-state index in [1.165, 1.54) is 38.5 Å². The molecule has 1 fully saturated rings. The highest BCUT2D eigenvalue weighted by Gasteiger charge is 2.31. The minimum absolute atomic E-state index is 0.512. The Balaban J connectivity index is 2.27. The number of ether oxygens (including phenoxy) is 1. The topological polar surface area (TPSA) is 21.3 Å². The van der Waals surface area contributed by atoms with E-state index in [2.05, 4.69) is 39.9 Å². The first-order chi connectivity index (χ1) is 9.58. The summed E-state index contributed by atoms with van der Waals surface area (Å²) >= 11 is 0. The molecular formula is C18H37NO. The molecule has 2 heteroatoms. The van der Waals surface area contributed by atoms with Gasteiger partial charge in [0.2, 0.25) is 0 Å². The molecule has 2 nitrogen and oxygen atoms in total. The van der Waals surface area contributed by atoms with Crippen LogP contribution in [0.3, 0.4) is 0 Å². The van der Waals surface area contributed by atoms with Crippen LogP contribution in [-0.2, 0) is 4.74 Å². The molecule has 120 valence electrons. The summed E-state index contributed by atoms with van der Waals surface area (Å²) in [6.07, 6.45) is 8.20. The average molecular weight is 284 g/mol. The second-order valence-corrected chi connectivity index (χ2v) is 7.04. The molecule has 1 N–H and O–H groups in total. The Bertz CT molecular complexity index is 242. The van der Waals surface area contributed by atoms with E-state index in [4.69, 9.17) is 4.74 Å². The van der Waals surface area contributed by atoms with Crippen molar-refractivity contribution in [1.29, 1.82) is 0 Å². The van der Waals surface area contributed by atoms with E-state index in [1.807, 2.05) is 0 Å². The zero-order chi connectivity index (χ0) is 15.0. The molecule has 0 amide bonds. The van der Waals surface area contributed by atoms with Crippen molar-refractivity contribution in [3.05, 3.63) is 0 Å². The highest BCUT2D eigenvalue weighted by Crippen LogP contribution is 2.35. The third-order valence-corrected chi connectivity index (χ3v) is 4.98. The molecule has 1 aliphatic carbocycles. The Morgan fingerprint density at radius 3 is 2.55 bits per heavy atom. The first-order valence-electron chi connectivity index (χ1n) is 8.93. The van der Waals surface area contributed by atoms with E-state index < -0.39 is 0 Å². The van der Waals surface area contributed by atoms with Crippen LogP contribution < -0.4 is 5.32 Å². The van der Waals surface area contributed by atoms with Crippen LogP contribution in [0.1, 0.15) is 73.1 Å². The molecule has 1 rings (SSSR count). The van der Waals surface area contributed by atoms with Crippen molar-refractivity contribution in [1.82, 2.24) is 5.32 Å². The lowest BCUT2D eigenvalue weighted by atomic mass is 9.75. The van der Waals surface area contributed by atoms with Gasteiger partial charge in [-0.2, -0.15) is 0 Å². The van der Waals surface area contributed by atoms with Gasteiger partial charge in [0.25, 0.3) is 0 Å². The fraction of sp³-hybridized carbons (Fsp3) is 1.00. The van der Waals surface area contributed by atoms with Crippen molar-refractivity contribution in [2.45, 2.75) is 85.3 Å². The van der Waals surface area contributed by atoms with Crippen LogP contribution in [0.5, 0.6) is 0 Å². The summed E-state index contributed by atoms with van der Waals surface area (Å²) in [5, 5.41) is 3.55. The second-order valence-electron chi connectivity index (χ2n) is 7.04. The van der Waals surface area contributed by atoms with E-state index in [0.29, 0.717) is 12.1 Å². The number of hydrogen-bond donors (Lipinski definition) is 1. The zero-order valence-electron chi connectivity index (χ0n) is 14.5. The highest BCUT2D eigenvalue weighted by atomic mass is 16.5. The Morgan fingerprint density at radius 1 is 1.20 bits per heavy atom. The quantitative estimate of drug-likeness (QED) is 0.623. The molecule has 1 saturated carbocycles. The molecule has 0 aliphatic heterocycles. The maximum absolute atomic E-state index is 6.27. The first-order valence-corrected chi connectivity index (χ1v) is 8.93. The summed E-state index contributed by atoms with van der Waals surface area (Å²) in [5.41, 5.74) is 0. The zero-order valence-corrected chi connectivity index (χ0v) is 14.5. The van der Waals surface area contributed by atoms with Crippen LogP contribution in [0.2, 0.25) is 0 Å². The van der Waals surface area contributed by atoms with Crippen LogP contribution in [0, 0.1) is 17.8 Å². The van der Waals surface area contributed by atoms with Gasteiger partial charge in [-0.05, 0) is 56.4 Å². The molecule has 4 atom stereocenters. The summed E-state index contributed by atoms with van der Waals surface area (Å²) < 4.78 is 6.27. The molecule has 0 bridgehead atoms. The lowest BCUT2D eigenvalue weighted by Gasteiger charge is -2.37. The molecule has 0 saturated heterocycles. The smallest absolute Gasteiger partial charge is 0.0608 e. The van der Waals surface area contributed by atoms with Crippen LogP contribution in [0.25, 0.3) is 0 Å². The van der Waals surface area contributed by atoms with E-state index >= 15 is 0 Å². The van der Waals surface area contributed by atoms with Crippen LogP contribution in [0.4, 0.5) is 0 Å². The average Bonchev–Trinajstić information content (AvgIpc) is 2.42. The molecule has 0 spiro atoms. The van der Waals surface area contributed by atoms with E-state index in [1.54, 1.807) is 0 Å². The Hall–Kier alpha value is -0.0800. The molecule has 4 unspecified atom stereocenters. The molecule has 1 aliphatic rings. The van der Waals surface area contributed by atoms with E-state index in [-0.39, 0.29) is 0 Å². The monoisotopic (exact) mass is 283 g/mol. The van der Waals surface area contributed by atoms with Gasteiger partial charge in [-0.1, -0.05) is 41.0 Å². The van der Waals surface area contributed by atoms with Gasteiger partial charge in [-0.15, -0.1) is 0 Å². The highest BCUT2D eigenvalue weighted by molar-refractivity contribution is 4.81. The first kappa shape index (κ1) is 18.0. The largest absolute Gasteiger partial charge is 0.378 e. The molecule has 0 aromatic heterocycles. The van der Waals surface area contributed by atoms with Gasteiger partial charge in [-0.25, -0.2) is 0 Å². The van der Waals surface area contributed by atoms with Gasteiger partial charge in [0, 0.05) is 12.6 Å². The normalized spacial score (nSPS) is 28.8. The molecule has 0 heterocycles. The summed E-state index contributed by atoms with van der Waals surface area (Å²) in [6.45, 7) is 13.6. The van der Waals surface area contributed by atoms with E-state index in [0.717, 1.165) is 30.9 Å². The number of hydrogen-bond acceptors (Lipinski definition) is 2. The van der Waals surface area contributed by atoms with Gasteiger partial charge >= 0.3 is 0 Å². The van der Waals surface area contributed by atoms with Crippen molar-refractivity contribution in [3.63, 3.8) is 0 Å².